The molecule has 2 aromatic rings. The number of methoxy groups -OCH3 is 1. The minimum absolute atomic E-state index is 0.000936. The van der Waals surface area contributed by atoms with Crippen LogP contribution in [0, 0.1) is 17.8 Å². The number of pyridine rings is 1. The molecule has 4 aliphatic rings. The van der Waals surface area contributed by atoms with E-state index < -0.39 is 99.1 Å². The van der Waals surface area contributed by atoms with Gasteiger partial charge in [-0.05, 0) is 101 Å². The van der Waals surface area contributed by atoms with Crippen LogP contribution < -0.4 is 24.4 Å². The van der Waals surface area contributed by atoms with E-state index in [-0.39, 0.29) is 48.8 Å². The van der Waals surface area contributed by atoms with Crippen molar-refractivity contribution in [3.8, 4) is 11.6 Å². The predicted octanol–water partition coefficient (Wildman–Crippen LogP) is 5.57. The Morgan fingerprint density at radius 2 is 1.82 bits per heavy atom. The van der Waals surface area contributed by atoms with Gasteiger partial charge >= 0.3 is 12.3 Å². The number of ether oxygens (including phenoxy) is 2. The third kappa shape index (κ3) is 8.71. The summed E-state index contributed by atoms with van der Waals surface area (Å²) in [7, 11) is -1.19. The monoisotopic (exact) mass is 896 g/mol. The highest BCUT2D eigenvalue weighted by molar-refractivity contribution is 7.91. The summed E-state index contributed by atoms with van der Waals surface area (Å²) in [6, 6.07) is 3.51. The Bertz CT molecular complexity index is 2220. The molecule has 0 radical (unpaired) electrons. The number of benzene rings is 1. The van der Waals surface area contributed by atoms with E-state index in [9.17, 15) is 45.5 Å². The lowest BCUT2D eigenvalue weighted by atomic mass is 9.85. The number of nitrogens with one attached hydrogen (secondary N) is 2. The number of fused-ring (bicyclic) bond motifs is 3. The van der Waals surface area contributed by atoms with Crippen LogP contribution in [0.15, 0.2) is 36.4 Å². The van der Waals surface area contributed by atoms with E-state index in [0.717, 1.165) is 4.90 Å². The molecule has 2 aliphatic carbocycles. The molecule has 7 atom stereocenters. The van der Waals surface area contributed by atoms with Gasteiger partial charge in [0, 0.05) is 31.3 Å². The normalized spacial score (nSPS) is 28.3. The minimum atomic E-state index is -5.12. The van der Waals surface area contributed by atoms with Gasteiger partial charge in [-0.25, -0.2) is 17.6 Å². The minimum Gasteiger partial charge on any atom is -0.497 e. The summed E-state index contributed by atoms with van der Waals surface area (Å²) in [4.78, 5) is 64.5. The fraction of sp³-hybridized carbons (Fsp3) is 0.643. The molecule has 3 fully saturated rings. The molecule has 1 saturated heterocycles. The number of rotatable bonds is 11. The fourth-order valence-electron chi connectivity index (χ4n) is 8.66. The van der Waals surface area contributed by atoms with E-state index in [0.29, 0.717) is 55.6 Å². The maximum atomic E-state index is 15.1. The lowest BCUT2D eigenvalue weighted by molar-refractivity contribution is -0.222. The number of nitrogens with zero attached hydrogens (tertiary/aromatic N) is 4. The summed E-state index contributed by atoms with van der Waals surface area (Å²) >= 11 is 0. The van der Waals surface area contributed by atoms with Crippen LogP contribution in [0.25, 0.3) is 10.8 Å². The highest BCUT2D eigenvalue weighted by Crippen LogP contribution is 2.48. The Morgan fingerprint density at radius 1 is 1.13 bits per heavy atom. The summed E-state index contributed by atoms with van der Waals surface area (Å²) in [5, 5.41) is 14.4. The number of hydrogen-bond donors (Lipinski definition) is 3. The lowest BCUT2D eigenvalue weighted by Gasteiger charge is -2.45. The van der Waals surface area contributed by atoms with Crippen LogP contribution in [0.3, 0.4) is 0 Å². The average molecular weight is 897 g/mol. The maximum Gasteiger partial charge on any atom is 0.411 e. The molecule has 6 rings (SSSR count). The van der Waals surface area contributed by atoms with Gasteiger partial charge in [-0.15, -0.1) is 0 Å². The van der Waals surface area contributed by atoms with Gasteiger partial charge in [-0.1, -0.05) is 26.0 Å². The van der Waals surface area contributed by atoms with Gasteiger partial charge in [-0.2, -0.15) is 18.2 Å². The highest BCUT2D eigenvalue weighted by atomic mass is 32.2. The van der Waals surface area contributed by atoms with E-state index in [2.05, 4.69) is 5.32 Å². The average Bonchev–Trinajstić information content (AvgIpc) is 4.11. The zero-order valence-corrected chi connectivity index (χ0v) is 36.7. The molecule has 62 heavy (non-hydrogen) atoms. The van der Waals surface area contributed by atoms with Gasteiger partial charge in [0.1, 0.15) is 52.3 Å². The summed E-state index contributed by atoms with van der Waals surface area (Å²) in [5.41, 5.74) is -4.92. The van der Waals surface area contributed by atoms with E-state index in [1.807, 2.05) is 36.6 Å². The molecule has 3 N–H and O–H groups in total. The largest absolute Gasteiger partial charge is 0.497 e. The first kappa shape index (κ1) is 46.6. The summed E-state index contributed by atoms with van der Waals surface area (Å²) in [6.45, 7) is 5.54. The lowest BCUT2D eigenvalue weighted by Crippen LogP contribution is -2.66. The Labute approximate surface area is 358 Å². The van der Waals surface area contributed by atoms with Crippen molar-refractivity contribution in [2.75, 3.05) is 38.8 Å². The smallest absolute Gasteiger partial charge is 0.411 e. The van der Waals surface area contributed by atoms with Gasteiger partial charge in [0.15, 0.2) is 0 Å². The number of anilines is 1. The molecule has 342 valence electrons. The highest BCUT2D eigenvalue weighted by Gasteiger charge is 2.64. The van der Waals surface area contributed by atoms with Crippen LogP contribution in [0.5, 0.6) is 11.6 Å². The van der Waals surface area contributed by atoms with Gasteiger partial charge in [0.05, 0.1) is 13.7 Å². The fourth-order valence-corrected chi connectivity index (χ4v) is 10.1. The number of sulfonamides is 1. The quantitative estimate of drug-likeness (QED) is 0.189. The van der Waals surface area contributed by atoms with E-state index in [1.54, 1.807) is 30.4 Å². The Hall–Kier alpha value is -4.88. The Kier molecular flexibility index (Phi) is 12.8. The topological polar surface area (TPSA) is 188 Å². The second-order valence-electron chi connectivity index (χ2n) is 17.9. The van der Waals surface area contributed by atoms with E-state index >= 15 is 4.79 Å². The van der Waals surface area contributed by atoms with Crippen LogP contribution in [0.4, 0.5) is 28.2 Å². The van der Waals surface area contributed by atoms with Crippen LogP contribution in [-0.4, -0.2) is 126 Å². The maximum absolute atomic E-state index is 15.1. The number of allylic oxidation sites excluding steroid dienone is 1. The molecular formula is C42H56F4N6O9S. The number of halogens is 4. The number of aromatic nitrogens is 1. The first-order valence-corrected chi connectivity index (χ1v) is 22.3. The van der Waals surface area contributed by atoms with Crippen LogP contribution in [0.1, 0.15) is 79.6 Å². The zero-order valence-electron chi connectivity index (χ0n) is 35.9. The van der Waals surface area contributed by atoms with Crippen molar-refractivity contribution in [2.24, 2.45) is 17.8 Å². The van der Waals surface area contributed by atoms with Crippen LogP contribution >= 0.6 is 0 Å². The zero-order chi connectivity index (χ0) is 45.7. The van der Waals surface area contributed by atoms with Gasteiger partial charge in [0.25, 0.3) is 5.91 Å². The molecule has 4 amide bonds. The van der Waals surface area contributed by atoms with Crippen molar-refractivity contribution in [2.45, 2.75) is 120 Å². The number of carbonyl (C=O) groups excluding carboxylic acids is 3. The second-order valence-corrected chi connectivity index (χ2v) is 19.9. The molecule has 0 spiro atoms. The Balaban J connectivity index is 1.45. The summed E-state index contributed by atoms with van der Waals surface area (Å²) < 4.78 is 97.0. The molecule has 0 bridgehead atoms. The molecule has 1 aromatic carbocycles. The second kappa shape index (κ2) is 17.0. The number of alkyl halides is 4. The summed E-state index contributed by atoms with van der Waals surface area (Å²) in [5.74, 6) is -3.89. The SMILES string of the molecule is CCN(C)c1cc2cc(OC)ccc2c(O[C@@H]2C[C@H]3C(=O)N[C@]4(C(=O)NS(=O)(=O)C5(CF)CC5)C[C@H]4/C=C\CC[C@@H](C)C[C@@H](C)[C@H](N(C(=O)O)C(C)(C)C(F)(F)F)C(=O)N3C2)n1. The molecule has 15 nitrogen and oxygen atoms in total. The molecule has 0 unspecified atom stereocenters. The summed E-state index contributed by atoms with van der Waals surface area (Å²) in [6.07, 6.45) is -4.04. The molecule has 2 saturated carbocycles. The van der Waals surface area contributed by atoms with Crippen molar-refractivity contribution in [3.05, 3.63) is 36.4 Å². The van der Waals surface area contributed by atoms with Crippen molar-refractivity contribution in [3.63, 3.8) is 0 Å². The van der Waals surface area contributed by atoms with Crippen LogP contribution in [0.2, 0.25) is 0 Å². The number of hydrogen-bond acceptors (Lipinski definition) is 10. The van der Waals surface area contributed by atoms with Crippen molar-refractivity contribution in [1.82, 2.24) is 24.8 Å². The first-order chi connectivity index (χ1) is 29.0. The molecular weight excluding hydrogens is 841 g/mol. The third-order valence-corrected chi connectivity index (χ3v) is 15.2. The van der Waals surface area contributed by atoms with Gasteiger partial charge in [-0.3, -0.25) is 24.0 Å². The first-order valence-electron chi connectivity index (χ1n) is 20.8. The van der Waals surface area contributed by atoms with Crippen molar-refractivity contribution >= 4 is 50.4 Å². The Morgan fingerprint density at radius 3 is 2.42 bits per heavy atom. The number of carbonyl (C=O) groups is 4. The van der Waals surface area contributed by atoms with Crippen LogP contribution in [-0.2, 0) is 24.4 Å². The van der Waals surface area contributed by atoms with E-state index in [1.165, 1.54) is 14.0 Å². The van der Waals surface area contributed by atoms with E-state index in [4.69, 9.17) is 14.5 Å². The predicted molar refractivity (Wildman–Crippen MR) is 221 cm³/mol. The van der Waals surface area contributed by atoms with Crippen molar-refractivity contribution in [1.29, 1.82) is 0 Å². The van der Waals surface area contributed by atoms with Gasteiger partial charge in [0.2, 0.25) is 27.7 Å². The van der Waals surface area contributed by atoms with Gasteiger partial charge < -0.3 is 29.7 Å². The van der Waals surface area contributed by atoms with Crippen molar-refractivity contribution < 1.29 is 59.7 Å². The molecule has 3 heterocycles. The molecule has 20 heteroatoms. The third-order valence-electron chi connectivity index (χ3n) is 13.1. The molecule has 2 aliphatic heterocycles. The number of amides is 4. The molecule has 1 aromatic heterocycles. The number of carboxylic acid groups (broad SMARTS) is 1. The standard InChI is InChI=1S/C42H56F4N6O9S/c1-8-50(6)32-19-26-18-28(60-7)13-14-30(26)35(47-32)61-29-20-31-34(53)48-41(37(55)49-62(58,59)40(23-43)15-16-40)21-27(41)12-10-9-11-24(2)17-25(3)33(36(54)51(31)22-29)52(38(56)57)39(4,5)42(44,45)46/h10,12-14,18-19,24-25,27,29,31,33H,8-9,11,15-17,20-23H2,1-7H3,(H,48,53)(H,49,55)(H,56,57)/b12-10-/t24-,25-,27-,29-,31+,33+,41-/m1/s1.